The van der Waals surface area contributed by atoms with Gasteiger partial charge in [0.2, 0.25) is 0 Å². The molecule has 0 aliphatic heterocycles. The highest BCUT2D eigenvalue weighted by Gasteiger charge is 2.36. The van der Waals surface area contributed by atoms with Gasteiger partial charge in [0.15, 0.2) is 0 Å². The summed E-state index contributed by atoms with van der Waals surface area (Å²) in [4.78, 5) is 0. The third kappa shape index (κ3) is 8.54. The summed E-state index contributed by atoms with van der Waals surface area (Å²) in [7, 11) is -3.24. The first-order chi connectivity index (χ1) is 5.10. The zero-order valence-electron chi connectivity index (χ0n) is 5.85. The lowest BCUT2D eigenvalue weighted by Crippen LogP contribution is -2.07. The normalized spacial score (nSPS) is 18.2. The number of hydrogen-bond donors (Lipinski definition) is 0. The molecule has 0 aromatic rings. The highest BCUT2D eigenvalue weighted by Crippen LogP contribution is 2.52. The van der Waals surface area contributed by atoms with Gasteiger partial charge >= 0.3 is 11.8 Å². The van der Waals surface area contributed by atoms with E-state index in [-0.39, 0.29) is 0 Å². The van der Waals surface area contributed by atoms with Crippen molar-refractivity contribution >= 4 is 17.2 Å². The van der Waals surface area contributed by atoms with E-state index in [2.05, 4.69) is 0 Å². The Bertz CT molecular complexity index is 121. The van der Waals surface area contributed by atoms with Crippen LogP contribution < -0.4 is 0 Å². The fraction of sp³-hybridized carbons (Fsp3) is 1.00. The quantitative estimate of drug-likeness (QED) is 0.500. The molecule has 0 aliphatic rings. The molecule has 0 bridgehead atoms. The fourth-order valence-electron chi connectivity index (χ4n) is 0.527. The molecule has 0 N–H and O–H groups in total. The maximum atomic E-state index is 11.5. The van der Waals surface area contributed by atoms with Crippen LogP contribution in [0, 0.1) is 0 Å². The molecule has 0 saturated carbocycles. The summed E-state index contributed by atoms with van der Waals surface area (Å²) in [5.41, 5.74) is 0. The summed E-state index contributed by atoms with van der Waals surface area (Å²) in [5.74, 6) is -8.95. The Morgan fingerprint density at radius 1 is 0.833 bits per heavy atom. The smallest absolute Gasteiger partial charge is 0.167 e. The summed E-state index contributed by atoms with van der Waals surface area (Å²) in [5, 5.41) is -1.34. The first-order valence-corrected chi connectivity index (χ1v) is 4.94. The van der Waals surface area contributed by atoms with Crippen molar-refractivity contribution in [1.29, 1.82) is 0 Å². The zero-order valence-corrected chi connectivity index (χ0v) is 7.85. The second kappa shape index (κ2) is 4.10. The Labute approximate surface area is 68.7 Å². The lowest BCUT2D eigenvalue weighted by atomic mass is 11.0. The van der Waals surface area contributed by atoms with Crippen molar-refractivity contribution < 1.29 is 26.3 Å². The van der Waals surface area contributed by atoms with Crippen LogP contribution in [0.5, 0.6) is 0 Å². The van der Waals surface area contributed by atoms with Crippen LogP contribution in [0.3, 0.4) is 0 Å². The van der Waals surface area contributed by atoms with Gasteiger partial charge in [-0.1, -0.05) is 6.92 Å². The van der Waals surface area contributed by atoms with Gasteiger partial charge < -0.3 is 0 Å². The largest absolute Gasteiger partial charge is 0.402 e. The molecule has 0 aromatic carbocycles. The van der Waals surface area contributed by atoms with E-state index in [0.29, 0.717) is 0 Å². The molecular weight excluding hydrogens is 224 g/mol. The predicted octanol–water partition coefficient (Wildman–Crippen LogP) is 3.73. The molecule has 0 spiro atoms. The lowest BCUT2D eigenvalue weighted by molar-refractivity contribution is -0.0392. The summed E-state index contributed by atoms with van der Waals surface area (Å²) >= 11 is 0. The topological polar surface area (TPSA) is 0 Å². The van der Waals surface area contributed by atoms with Crippen LogP contribution in [0.15, 0.2) is 0 Å². The maximum Gasteiger partial charge on any atom is 0.402 e. The van der Waals surface area contributed by atoms with Crippen LogP contribution in [0.1, 0.15) is 6.92 Å². The van der Waals surface area contributed by atoms with E-state index in [1.165, 1.54) is 0 Å². The fourth-order valence-corrected chi connectivity index (χ4v) is 2.78. The number of hydrogen-bond acceptors (Lipinski definition) is 0. The summed E-state index contributed by atoms with van der Waals surface area (Å²) in [6, 6.07) is 0. The minimum absolute atomic E-state index is 0.956. The molecule has 12 heavy (non-hydrogen) atoms. The van der Waals surface area contributed by atoms with E-state index in [1.54, 1.807) is 0 Å². The van der Waals surface area contributed by atoms with Crippen LogP contribution in [-0.4, -0.2) is 17.2 Å². The molecule has 0 amide bonds. The summed E-state index contributed by atoms with van der Waals surface area (Å²) in [6.07, 6.45) is 0. The van der Waals surface area contributed by atoms with E-state index >= 15 is 0 Å². The minimum Gasteiger partial charge on any atom is -0.167 e. The monoisotopic (exact) mass is 230 g/mol. The predicted molar refractivity (Wildman–Crippen MR) is 38.2 cm³/mol. The van der Waals surface area contributed by atoms with Crippen LogP contribution in [0.2, 0.25) is 0 Å². The van der Waals surface area contributed by atoms with Gasteiger partial charge in [0.25, 0.3) is 0 Å². The third-order valence-electron chi connectivity index (χ3n) is 0.760. The molecule has 8 heteroatoms. The summed E-state index contributed by atoms with van der Waals surface area (Å²) < 4.78 is 69.2. The molecule has 0 saturated heterocycles. The van der Waals surface area contributed by atoms with Gasteiger partial charge in [-0.25, -0.2) is 0 Å². The first kappa shape index (κ1) is 12.4. The van der Waals surface area contributed by atoms with Gasteiger partial charge in [0.1, 0.15) is 0 Å². The second-order valence-corrected chi connectivity index (χ2v) is 6.03. The third-order valence-corrected chi connectivity index (χ3v) is 3.15. The van der Waals surface area contributed by atoms with Crippen molar-refractivity contribution in [3.63, 3.8) is 0 Å². The molecule has 0 radical (unpaired) electrons. The van der Waals surface area contributed by atoms with E-state index in [1.807, 2.05) is 0 Å². The Balaban J connectivity index is 3.83. The molecule has 0 heterocycles. The minimum atomic E-state index is -4.47. The average Bonchev–Trinajstić information content (AvgIpc) is 1.49. The average molecular weight is 230 g/mol. The lowest BCUT2D eigenvalue weighted by Gasteiger charge is -2.15. The molecule has 74 valence electrons. The van der Waals surface area contributed by atoms with Gasteiger partial charge in [-0.2, -0.15) is 26.3 Å². The van der Waals surface area contributed by atoms with Crippen molar-refractivity contribution in [2.24, 2.45) is 0 Å². The Hall–Kier alpha value is 0.440. The van der Waals surface area contributed by atoms with E-state index in [0.717, 1.165) is 6.92 Å². The maximum absolute atomic E-state index is 11.5. The van der Waals surface area contributed by atoms with Crippen LogP contribution in [0.25, 0.3) is 0 Å². The number of rotatable bonds is 2. The molecule has 0 nitrogen and oxygen atoms in total. The molecule has 2 unspecified atom stereocenters. The Kier molecular flexibility index (Phi) is 4.25. The van der Waals surface area contributed by atoms with Gasteiger partial charge in [-0.15, -0.1) is 0 Å². The van der Waals surface area contributed by atoms with Crippen LogP contribution in [-0.2, 0) is 0 Å². The van der Waals surface area contributed by atoms with Crippen molar-refractivity contribution in [2.75, 3.05) is 0 Å². The molecule has 2 atom stereocenters. The Morgan fingerprint density at radius 3 is 1.25 bits per heavy atom. The number of alkyl halides is 6. The van der Waals surface area contributed by atoms with Gasteiger partial charge in [-0.3, -0.25) is 0 Å². The first-order valence-electron chi connectivity index (χ1n) is 2.79. The molecule has 0 fully saturated rings. The highest BCUT2D eigenvalue weighted by atomic mass is 31.1. The summed E-state index contributed by atoms with van der Waals surface area (Å²) in [6.45, 7) is 0.956. The standard InChI is InChI=1S/C4H6F6P2/c1-2(11-3(5,6)7)12-4(8,9)10/h2,11-12H,1H3. The van der Waals surface area contributed by atoms with Crippen molar-refractivity contribution in [1.82, 2.24) is 0 Å². The molecule has 0 aliphatic carbocycles. The zero-order chi connectivity index (χ0) is 9.99. The van der Waals surface area contributed by atoms with Crippen molar-refractivity contribution in [3.8, 4) is 0 Å². The van der Waals surface area contributed by atoms with Crippen molar-refractivity contribution in [3.05, 3.63) is 0 Å². The van der Waals surface area contributed by atoms with E-state index in [9.17, 15) is 26.3 Å². The molecule has 0 aromatic heterocycles. The number of halogens is 6. The van der Waals surface area contributed by atoms with Crippen molar-refractivity contribution in [2.45, 2.75) is 24.2 Å². The van der Waals surface area contributed by atoms with E-state index in [4.69, 9.17) is 0 Å². The van der Waals surface area contributed by atoms with Crippen LogP contribution >= 0.6 is 17.2 Å². The molecule has 0 rings (SSSR count). The highest BCUT2D eigenvalue weighted by molar-refractivity contribution is 7.58. The second-order valence-electron chi connectivity index (χ2n) is 2.01. The SMILES string of the molecule is CC(PC(F)(F)F)PC(F)(F)F. The van der Waals surface area contributed by atoms with Gasteiger partial charge in [0, 0.05) is 5.40 Å². The van der Waals surface area contributed by atoms with E-state index < -0.39 is 34.4 Å². The molecular formula is C4H6F6P2. The van der Waals surface area contributed by atoms with Crippen LogP contribution in [0.4, 0.5) is 26.3 Å². The van der Waals surface area contributed by atoms with Gasteiger partial charge in [-0.05, 0) is 17.2 Å². The Morgan fingerprint density at radius 2 is 1.08 bits per heavy atom. The van der Waals surface area contributed by atoms with Gasteiger partial charge in [0.05, 0.1) is 0 Å².